The van der Waals surface area contributed by atoms with Gasteiger partial charge in [0.25, 0.3) is 0 Å². The van der Waals surface area contributed by atoms with Crippen LogP contribution in [0.3, 0.4) is 0 Å². The van der Waals surface area contributed by atoms with Crippen LogP contribution in [0.15, 0.2) is 18.2 Å². The maximum Gasteiger partial charge on any atom is 0.106 e. The van der Waals surface area contributed by atoms with E-state index in [1.54, 1.807) is 0 Å². The standard InChI is InChI=1S/C14H21N3S/c1-3-16-7-9-17(10-8-16)13-11(2)5-4-6-12(13)14(15)18/h4-6H,3,7-10H2,1-2H3,(H2,15,18). The summed E-state index contributed by atoms with van der Waals surface area (Å²) in [5.74, 6) is 0. The van der Waals surface area contributed by atoms with Crippen molar-refractivity contribution in [1.82, 2.24) is 4.90 Å². The van der Waals surface area contributed by atoms with Gasteiger partial charge in [0.2, 0.25) is 0 Å². The average Bonchev–Trinajstić information content (AvgIpc) is 2.38. The lowest BCUT2D eigenvalue weighted by molar-refractivity contribution is 0.271. The van der Waals surface area contributed by atoms with Crippen molar-refractivity contribution in [2.24, 2.45) is 5.73 Å². The van der Waals surface area contributed by atoms with Crippen molar-refractivity contribution in [2.45, 2.75) is 13.8 Å². The highest BCUT2D eigenvalue weighted by Gasteiger charge is 2.20. The van der Waals surface area contributed by atoms with Crippen molar-refractivity contribution < 1.29 is 0 Å². The van der Waals surface area contributed by atoms with E-state index in [0.717, 1.165) is 38.3 Å². The molecule has 1 aromatic rings. The second kappa shape index (κ2) is 5.67. The van der Waals surface area contributed by atoms with Gasteiger partial charge < -0.3 is 15.5 Å². The minimum Gasteiger partial charge on any atom is -0.389 e. The summed E-state index contributed by atoms with van der Waals surface area (Å²) in [6.45, 7) is 9.79. The fraction of sp³-hybridized carbons (Fsp3) is 0.500. The first-order valence-electron chi connectivity index (χ1n) is 6.50. The number of nitrogens with two attached hydrogens (primary N) is 1. The number of piperazine rings is 1. The van der Waals surface area contributed by atoms with E-state index >= 15 is 0 Å². The number of hydrogen-bond acceptors (Lipinski definition) is 3. The van der Waals surface area contributed by atoms with Crippen molar-refractivity contribution in [2.75, 3.05) is 37.6 Å². The maximum atomic E-state index is 5.84. The summed E-state index contributed by atoms with van der Waals surface area (Å²) >= 11 is 5.17. The lowest BCUT2D eigenvalue weighted by Gasteiger charge is -2.37. The van der Waals surface area contributed by atoms with Crippen molar-refractivity contribution in [3.05, 3.63) is 29.3 Å². The molecule has 2 N–H and O–H groups in total. The summed E-state index contributed by atoms with van der Waals surface area (Å²) in [7, 11) is 0. The van der Waals surface area contributed by atoms with Crippen LogP contribution in [0.1, 0.15) is 18.1 Å². The Morgan fingerprint density at radius 3 is 2.50 bits per heavy atom. The highest BCUT2D eigenvalue weighted by molar-refractivity contribution is 7.80. The average molecular weight is 263 g/mol. The number of thiocarbonyl (C=S) groups is 1. The second-order valence-corrected chi connectivity index (χ2v) is 5.20. The third kappa shape index (κ3) is 2.65. The first-order valence-corrected chi connectivity index (χ1v) is 6.91. The molecule has 0 spiro atoms. The van der Waals surface area contributed by atoms with E-state index in [-0.39, 0.29) is 0 Å². The number of nitrogens with zero attached hydrogens (tertiary/aromatic N) is 2. The molecule has 1 aliphatic rings. The Labute approximate surface area is 115 Å². The predicted molar refractivity (Wildman–Crippen MR) is 81.4 cm³/mol. The molecule has 0 aliphatic carbocycles. The van der Waals surface area contributed by atoms with E-state index in [9.17, 15) is 0 Å². The molecule has 1 saturated heterocycles. The van der Waals surface area contributed by atoms with Crippen LogP contribution in [0.25, 0.3) is 0 Å². The van der Waals surface area contributed by atoms with Gasteiger partial charge in [-0.2, -0.15) is 0 Å². The van der Waals surface area contributed by atoms with Crippen LogP contribution >= 0.6 is 12.2 Å². The molecule has 0 bridgehead atoms. The number of anilines is 1. The molecule has 0 saturated carbocycles. The maximum absolute atomic E-state index is 5.84. The lowest BCUT2D eigenvalue weighted by atomic mass is 10.1. The molecule has 1 aromatic carbocycles. The number of benzene rings is 1. The number of aryl methyl sites for hydroxylation is 1. The van der Waals surface area contributed by atoms with Crippen LogP contribution in [-0.4, -0.2) is 42.6 Å². The largest absolute Gasteiger partial charge is 0.389 e. The molecule has 2 rings (SSSR count). The molecular formula is C14H21N3S. The molecule has 1 fully saturated rings. The van der Waals surface area contributed by atoms with Gasteiger partial charge in [0.1, 0.15) is 4.99 Å². The minimum atomic E-state index is 0.492. The summed E-state index contributed by atoms with van der Waals surface area (Å²) in [4.78, 5) is 5.37. The van der Waals surface area contributed by atoms with Gasteiger partial charge in [-0.1, -0.05) is 31.3 Å². The third-order valence-corrected chi connectivity index (χ3v) is 3.86. The van der Waals surface area contributed by atoms with Gasteiger partial charge >= 0.3 is 0 Å². The van der Waals surface area contributed by atoms with Crippen LogP contribution < -0.4 is 10.6 Å². The Hall–Kier alpha value is -1.13. The molecule has 4 heteroatoms. The van der Waals surface area contributed by atoms with Gasteiger partial charge in [-0.3, -0.25) is 0 Å². The smallest absolute Gasteiger partial charge is 0.106 e. The van der Waals surface area contributed by atoms with E-state index in [0.29, 0.717) is 4.99 Å². The van der Waals surface area contributed by atoms with Gasteiger partial charge in [0.15, 0.2) is 0 Å². The molecule has 1 aliphatic heterocycles. The summed E-state index contributed by atoms with van der Waals surface area (Å²) in [6.07, 6.45) is 0. The first kappa shape index (κ1) is 13.3. The van der Waals surface area contributed by atoms with Gasteiger partial charge in [0, 0.05) is 37.4 Å². The van der Waals surface area contributed by atoms with E-state index in [1.807, 2.05) is 12.1 Å². The normalized spacial score (nSPS) is 16.9. The van der Waals surface area contributed by atoms with Gasteiger partial charge in [-0.05, 0) is 25.1 Å². The van der Waals surface area contributed by atoms with Gasteiger partial charge in [-0.15, -0.1) is 0 Å². The third-order valence-electron chi connectivity index (χ3n) is 3.64. The SMILES string of the molecule is CCN1CCN(c2c(C)cccc2C(N)=S)CC1. The number of likely N-dealkylation sites (N-methyl/N-ethyl adjacent to an activating group) is 1. The van der Waals surface area contributed by atoms with Crippen molar-refractivity contribution >= 4 is 22.9 Å². The zero-order valence-corrected chi connectivity index (χ0v) is 12.0. The van der Waals surface area contributed by atoms with E-state index in [4.69, 9.17) is 18.0 Å². The molecule has 0 amide bonds. The number of rotatable bonds is 3. The second-order valence-electron chi connectivity index (χ2n) is 4.76. The molecule has 0 aromatic heterocycles. The van der Waals surface area contributed by atoms with Crippen LogP contribution in [0.4, 0.5) is 5.69 Å². The quantitative estimate of drug-likeness (QED) is 0.843. The van der Waals surface area contributed by atoms with Crippen LogP contribution in [0.2, 0.25) is 0 Å². The van der Waals surface area contributed by atoms with Crippen LogP contribution in [-0.2, 0) is 0 Å². The van der Waals surface area contributed by atoms with Crippen molar-refractivity contribution in [1.29, 1.82) is 0 Å². The Balaban J connectivity index is 2.26. The summed E-state index contributed by atoms with van der Waals surface area (Å²) in [6, 6.07) is 6.18. The molecule has 18 heavy (non-hydrogen) atoms. The van der Waals surface area contributed by atoms with Crippen LogP contribution in [0.5, 0.6) is 0 Å². The van der Waals surface area contributed by atoms with Gasteiger partial charge in [-0.25, -0.2) is 0 Å². The number of para-hydroxylation sites is 1. The Bertz CT molecular complexity index is 437. The fourth-order valence-corrected chi connectivity index (χ4v) is 2.73. The first-order chi connectivity index (χ1) is 8.63. The zero-order chi connectivity index (χ0) is 13.1. The highest BCUT2D eigenvalue weighted by atomic mass is 32.1. The molecule has 0 radical (unpaired) electrons. The Morgan fingerprint density at radius 2 is 1.94 bits per heavy atom. The monoisotopic (exact) mass is 263 g/mol. The molecule has 98 valence electrons. The lowest BCUT2D eigenvalue weighted by Crippen LogP contribution is -2.47. The van der Waals surface area contributed by atoms with Crippen molar-refractivity contribution in [3.8, 4) is 0 Å². The molecule has 3 nitrogen and oxygen atoms in total. The molecule has 0 atom stereocenters. The minimum absolute atomic E-state index is 0.492. The molecule has 0 unspecified atom stereocenters. The predicted octanol–water partition coefficient (Wildman–Crippen LogP) is 1.77. The van der Waals surface area contributed by atoms with E-state index in [1.165, 1.54) is 11.3 Å². The Kier molecular flexibility index (Phi) is 4.19. The molecular weight excluding hydrogens is 242 g/mol. The summed E-state index contributed by atoms with van der Waals surface area (Å²) in [5.41, 5.74) is 9.32. The Morgan fingerprint density at radius 1 is 1.28 bits per heavy atom. The summed E-state index contributed by atoms with van der Waals surface area (Å²) < 4.78 is 0. The van der Waals surface area contributed by atoms with Crippen molar-refractivity contribution in [3.63, 3.8) is 0 Å². The van der Waals surface area contributed by atoms with E-state index < -0.39 is 0 Å². The van der Waals surface area contributed by atoms with E-state index in [2.05, 4.69) is 29.7 Å². The summed E-state index contributed by atoms with van der Waals surface area (Å²) in [5, 5.41) is 0. The topological polar surface area (TPSA) is 32.5 Å². The fourth-order valence-electron chi connectivity index (χ4n) is 2.57. The zero-order valence-electron chi connectivity index (χ0n) is 11.1. The van der Waals surface area contributed by atoms with Crippen LogP contribution in [0, 0.1) is 6.92 Å². The number of hydrogen-bond donors (Lipinski definition) is 1. The van der Waals surface area contributed by atoms with Gasteiger partial charge in [0.05, 0.1) is 0 Å². The molecule has 1 heterocycles. The highest BCUT2D eigenvalue weighted by Crippen LogP contribution is 2.26.